The molecule has 3 nitrogen and oxygen atoms in total. The first-order valence-corrected chi connectivity index (χ1v) is 6.51. The number of aromatic nitrogens is 2. The van der Waals surface area contributed by atoms with Crippen LogP contribution in [0.25, 0.3) is 0 Å². The first-order valence-electron chi connectivity index (χ1n) is 6.13. The van der Waals surface area contributed by atoms with E-state index >= 15 is 0 Å². The van der Waals surface area contributed by atoms with Gasteiger partial charge in [-0.1, -0.05) is 41.9 Å². The summed E-state index contributed by atoms with van der Waals surface area (Å²) < 4.78 is 0. The topological polar surface area (TPSA) is 37.8 Å². The van der Waals surface area contributed by atoms with Gasteiger partial charge in [-0.3, -0.25) is 0 Å². The molecule has 3 rings (SSSR count). The number of rotatable bonds is 4. The Balaban J connectivity index is 1.72. The fourth-order valence-corrected chi connectivity index (χ4v) is 2.03. The maximum atomic E-state index is 6.01. The first-order chi connectivity index (χ1) is 8.81. The van der Waals surface area contributed by atoms with Crippen molar-refractivity contribution in [3.63, 3.8) is 0 Å². The van der Waals surface area contributed by atoms with E-state index in [-0.39, 0.29) is 0 Å². The largest absolute Gasteiger partial charge is 0.366 e. The lowest BCUT2D eigenvalue weighted by molar-refractivity contribution is 0.921. The molecule has 0 bridgehead atoms. The Morgan fingerprint density at radius 1 is 1.17 bits per heavy atom. The average Bonchev–Trinajstić information content (AvgIpc) is 3.21. The van der Waals surface area contributed by atoms with E-state index in [9.17, 15) is 0 Å². The Labute approximate surface area is 111 Å². The van der Waals surface area contributed by atoms with Crippen LogP contribution < -0.4 is 5.32 Å². The second-order valence-corrected chi connectivity index (χ2v) is 4.93. The van der Waals surface area contributed by atoms with E-state index in [0.29, 0.717) is 11.1 Å². The molecule has 0 spiro atoms. The molecule has 0 saturated heterocycles. The van der Waals surface area contributed by atoms with Gasteiger partial charge in [-0.2, -0.15) is 0 Å². The zero-order valence-corrected chi connectivity index (χ0v) is 10.7. The molecule has 18 heavy (non-hydrogen) atoms. The third-order valence-electron chi connectivity index (χ3n) is 2.97. The van der Waals surface area contributed by atoms with Crippen LogP contribution in [0.15, 0.2) is 36.4 Å². The first kappa shape index (κ1) is 11.5. The minimum Gasteiger partial charge on any atom is -0.366 e. The van der Waals surface area contributed by atoms with Crippen molar-refractivity contribution in [3.8, 4) is 0 Å². The normalized spacial score (nSPS) is 14.5. The third-order valence-corrected chi connectivity index (χ3v) is 3.16. The van der Waals surface area contributed by atoms with Crippen LogP contribution in [0.2, 0.25) is 5.15 Å². The quantitative estimate of drug-likeness (QED) is 0.853. The molecule has 1 saturated carbocycles. The van der Waals surface area contributed by atoms with Crippen molar-refractivity contribution in [3.05, 3.63) is 52.9 Å². The van der Waals surface area contributed by atoms with E-state index in [1.54, 1.807) is 6.07 Å². The summed E-state index contributed by atoms with van der Waals surface area (Å²) in [6.07, 6.45) is 2.36. The number of hydrogen-bond acceptors (Lipinski definition) is 3. The number of nitrogens with zero attached hydrogens (tertiary/aromatic N) is 2. The monoisotopic (exact) mass is 259 g/mol. The summed E-state index contributed by atoms with van der Waals surface area (Å²) in [5.41, 5.74) is 1.22. The fraction of sp³-hybridized carbons (Fsp3) is 0.286. The van der Waals surface area contributed by atoms with Gasteiger partial charge >= 0.3 is 0 Å². The van der Waals surface area contributed by atoms with Crippen molar-refractivity contribution in [2.75, 3.05) is 5.32 Å². The molecule has 1 aromatic carbocycles. The Kier molecular flexibility index (Phi) is 3.15. The maximum absolute atomic E-state index is 6.01. The standard InChI is InChI=1S/C14H14ClN3/c15-12-8-13(18-14(17-12)11-6-7-11)16-9-10-4-2-1-3-5-10/h1-5,8,11H,6-7,9H2,(H,16,17,18). The summed E-state index contributed by atoms with van der Waals surface area (Å²) >= 11 is 6.01. The molecule has 0 unspecified atom stereocenters. The average molecular weight is 260 g/mol. The Morgan fingerprint density at radius 2 is 1.94 bits per heavy atom. The highest BCUT2D eigenvalue weighted by atomic mass is 35.5. The van der Waals surface area contributed by atoms with Crippen LogP contribution in [-0.4, -0.2) is 9.97 Å². The summed E-state index contributed by atoms with van der Waals surface area (Å²) in [6.45, 7) is 0.748. The predicted octanol–water partition coefficient (Wildman–Crippen LogP) is 3.62. The zero-order valence-electron chi connectivity index (χ0n) is 9.94. The second kappa shape index (κ2) is 4.94. The lowest BCUT2D eigenvalue weighted by Gasteiger charge is -2.07. The number of halogens is 1. The van der Waals surface area contributed by atoms with E-state index in [0.717, 1.165) is 18.2 Å². The highest BCUT2D eigenvalue weighted by Crippen LogP contribution is 2.38. The van der Waals surface area contributed by atoms with Crippen LogP contribution >= 0.6 is 11.6 Å². The molecule has 4 heteroatoms. The van der Waals surface area contributed by atoms with E-state index in [1.807, 2.05) is 18.2 Å². The van der Waals surface area contributed by atoms with Crippen LogP contribution in [0.3, 0.4) is 0 Å². The van der Waals surface area contributed by atoms with E-state index in [1.165, 1.54) is 18.4 Å². The summed E-state index contributed by atoms with van der Waals surface area (Å²) in [4.78, 5) is 8.77. The van der Waals surface area contributed by atoms with Gasteiger partial charge in [0.15, 0.2) is 0 Å². The van der Waals surface area contributed by atoms with Gasteiger partial charge in [0.05, 0.1) is 0 Å². The molecule has 0 amide bonds. The fourth-order valence-electron chi connectivity index (χ4n) is 1.84. The van der Waals surface area contributed by atoms with Gasteiger partial charge in [0.2, 0.25) is 0 Å². The Hall–Kier alpha value is -1.61. The van der Waals surface area contributed by atoms with Crippen molar-refractivity contribution in [2.45, 2.75) is 25.3 Å². The SMILES string of the molecule is Clc1cc(NCc2ccccc2)nc(C2CC2)n1. The molecular formula is C14H14ClN3. The summed E-state index contributed by atoms with van der Waals surface area (Å²) in [6, 6.07) is 12.0. The highest BCUT2D eigenvalue weighted by Gasteiger charge is 2.27. The van der Waals surface area contributed by atoms with Crippen LogP contribution in [0.5, 0.6) is 0 Å². The molecule has 2 aromatic rings. The zero-order chi connectivity index (χ0) is 12.4. The summed E-state index contributed by atoms with van der Waals surface area (Å²) in [5.74, 6) is 2.19. The van der Waals surface area contributed by atoms with E-state index < -0.39 is 0 Å². The number of benzene rings is 1. The maximum Gasteiger partial charge on any atom is 0.135 e. The van der Waals surface area contributed by atoms with Crippen LogP contribution in [-0.2, 0) is 6.54 Å². The molecule has 1 heterocycles. The molecule has 92 valence electrons. The molecule has 1 aromatic heterocycles. The van der Waals surface area contributed by atoms with E-state index in [4.69, 9.17) is 11.6 Å². The van der Waals surface area contributed by atoms with Gasteiger partial charge in [0.1, 0.15) is 16.8 Å². The highest BCUT2D eigenvalue weighted by molar-refractivity contribution is 6.29. The predicted molar refractivity (Wildman–Crippen MR) is 72.8 cm³/mol. The van der Waals surface area contributed by atoms with Gasteiger partial charge < -0.3 is 5.32 Å². The van der Waals surface area contributed by atoms with Gasteiger partial charge in [-0.25, -0.2) is 9.97 Å². The minimum absolute atomic E-state index is 0.515. The molecule has 0 radical (unpaired) electrons. The van der Waals surface area contributed by atoms with Crippen molar-refractivity contribution >= 4 is 17.4 Å². The van der Waals surface area contributed by atoms with Crippen molar-refractivity contribution in [2.24, 2.45) is 0 Å². The molecule has 1 aliphatic rings. The number of hydrogen-bond donors (Lipinski definition) is 1. The summed E-state index contributed by atoms with van der Waals surface area (Å²) in [7, 11) is 0. The second-order valence-electron chi connectivity index (χ2n) is 4.55. The van der Waals surface area contributed by atoms with E-state index in [2.05, 4.69) is 27.4 Å². The van der Waals surface area contributed by atoms with Crippen molar-refractivity contribution in [1.29, 1.82) is 0 Å². The van der Waals surface area contributed by atoms with Crippen LogP contribution in [0, 0.1) is 0 Å². The lowest BCUT2D eigenvalue weighted by atomic mass is 10.2. The smallest absolute Gasteiger partial charge is 0.135 e. The molecule has 1 aliphatic carbocycles. The minimum atomic E-state index is 0.515. The van der Waals surface area contributed by atoms with Gasteiger partial charge in [0, 0.05) is 18.5 Å². The van der Waals surface area contributed by atoms with Crippen molar-refractivity contribution in [1.82, 2.24) is 9.97 Å². The lowest BCUT2D eigenvalue weighted by Crippen LogP contribution is -2.04. The van der Waals surface area contributed by atoms with Crippen molar-refractivity contribution < 1.29 is 0 Å². The molecule has 1 N–H and O–H groups in total. The van der Waals surface area contributed by atoms with Gasteiger partial charge in [-0.05, 0) is 18.4 Å². The molecular weight excluding hydrogens is 246 g/mol. The number of anilines is 1. The van der Waals surface area contributed by atoms with Crippen LogP contribution in [0.1, 0.15) is 30.1 Å². The molecule has 0 aliphatic heterocycles. The molecule has 0 atom stereocenters. The molecule has 1 fully saturated rings. The third kappa shape index (κ3) is 2.79. The van der Waals surface area contributed by atoms with Crippen LogP contribution in [0.4, 0.5) is 5.82 Å². The van der Waals surface area contributed by atoms with Gasteiger partial charge in [-0.15, -0.1) is 0 Å². The number of nitrogens with one attached hydrogen (secondary N) is 1. The Bertz CT molecular complexity index is 538. The van der Waals surface area contributed by atoms with Gasteiger partial charge in [0.25, 0.3) is 0 Å². The Morgan fingerprint density at radius 3 is 2.67 bits per heavy atom. The summed E-state index contributed by atoms with van der Waals surface area (Å²) in [5, 5.41) is 3.81.